The summed E-state index contributed by atoms with van der Waals surface area (Å²) in [6.45, 7) is 0.426. The van der Waals surface area contributed by atoms with Gasteiger partial charge in [0.1, 0.15) is 5.75 Å². The predicted molar refractivity (Wildman–Crippen MR) is 78.8 cm³/mol. The van der Waals surface area contributed by atoms with Gasteiger partial charge in [-0.3, -0.25) is 4.79 Å². The lowest BCUT2D eigenvalue weighted by atomic mass is 9.85. The van der Waals surface area contributed by atoms with Crippen LogP contribution in [0.4, 0.5) is 5.69 Å². The maximum absolute atomic E-state index is 12.3. The number of anilines is 1. The second-order valence-electron chi connectivity index (χ2n) is 4.87. The smallest absolute Gasteiger partial charge is 0.231 e. The Labute approximate surface area is 120 Å². The molecule has 0 saturated heterocycles. The first-order valence-corrected chi connectivity index (χ1v) is 6.36. The topological polar surface area (TPSA) is 64.3 Å². The number of nitrogens with one attached hydrogen (secondary N) is 1. The average Bonchev–Trinajstić information content (AvgIpc) is 2.89. The van der Waals surface area contributed by atoms with Gasteiger partial charge < -0.3 is 15.8 Å². The Balaban J connectivity index is 0.00000180. The zero-order chi connectivity index (χ0) is 13.0. The molecular formula is C14H21ClN2O2. The van der Waals surface area contributed by atoms with Crippen molar-refractivity contribution in [3.05, 3.63) is 24.3 Å². The molecule has 1 aliphatic rings. The zero-order valence-corrected chi connectivity index (χ0v) is 12.0. The Kier molecular flexibility index (Phi) is 5.63. The summed E-state index contributed by atoms with van der Waals surface area (Å²) in [5, 5.41) is 2.95. The highest BCUT2D eigenvalue weighted by molar-refractivity contribution is 5.95. The first-order valence-electron chi connectivity index (χ1n) is 6.36. The molecule has 1 aliphatic carbocycles. The van der Waals surface area contributed by atoms with E-state index < -0.39 is 0 Å². The van der Waals surface area contributed by atoms with E-state index in [1.54, 1.807) is 7.11 Å². The van der Waals surface area contributed by atoms with Crippen molar-refractivity contribution < 1.29 is 9.53 Å². The van der Waals surface area contributed by atoms with Gasteiger partial charge in [0.15, 0.2) is 0 Å². The largest absolute Gasteiger partial charge is 0.497 e. The maximum atomic E-state index is 12.3. The second-order valence-corrected chi connectivity index (χ2v) is 4.87. The lowest BCUT2D eigenvalue weighted by Crippen LogP contribution is -2.40. The summed E-state index contributed by atoms with van der Waals surface area (Å²) in [4.78, 5) is 12.3. The fourth-order valence-corrected chi connectivity index (χ4v) is 2.51. The molecule has 0 radical (unpaired) electrons. The van der Waals surface area contributed by atoms with Crippen LogP contribution in [-0.2, 0) is 4.79 Å². The number of rotatable bonds is 4. The van der Waals surface area contributed by atoms with Gasteiger partial charge in [-0.15, -0.1) is 12.4 Å². The van der Waals surface area contributed by atoms with Crippen LogP contribution in [0.3, 0.4) is 0 Å². The first-order chi connectivity index (χ1) is 8.70. The Hall–Kier alpha value is -1.26. The number of amides is 1. The van der Waals surface area contributed by atoms with E-state index in [9.17, 15) is 4.79 Å². The molecule has 0 aromatic heterocycles. The molecule has 106 valence electrons. The van der Waals surface area contributed by atoms with Crippen LogP contribution in [0, 0.1) is 5.41 Å². The lowest BCUT2D eigenvalue weighted by Gasteiger charge is -2.25. The highest BCUT2D eigenvalue weighted by atomic mass is 35.5. The maximum Gasteiger partial charge on any atom is 0.231 e. The van der Waals surface area contributed by atoms with E-state index in [4.69, 9.17) is 10.5 Å². The molecule has 1 aromatic rings. The minimum absolute atomic E-state index is 0. The van der Waals surface area contributed by atoms with Crippen LogP contribution in [0.2, 0.25) is 0 Å². The van der Waals surface area contributed by atoms with E-state index in [2.05, 4.69) is 5.32 Å². The van der Waals surface area contributed by atoms with Crippen LogP contribution in [0.5, 0.6) is 5.75 Å². The monoisotopic (exact) mass is 284 g/mol. The number of halogens is 1. The van der Waals surface area contributed by atoms with E-state index in [0.717, 1.165) is 37.1 Å². The standard InChI is InChI=1S/C14H20N2O2.ClH/c1-18-12-6-4-11(5-7-12)16-13(17)14(10-15)8-2-3-9-14;/h4-7H,2-3,8-10,15H2,1H3,(H,16,17);1H. The van der Waals surface area contributed by atoms with E-state index >= 15 is 0 Å². The third-order valence-corrected chi connectivity index (χ3v) is 3.78. The van der Waals surface area contributed by atoms with Crippen molar-refractivity contribution in [2.45, 2.75) is 25.7 Å². The highest BCUT2D eigenvalue weighted by Gasteiger charge is 2.39. The van der Waals surface area contributed by atoms with Crippen LogP contribution in [0.25, 0.3) is 0 Å². The number of carbonyl (C=O) groups excluding carboxylic acids is 1. The molecular weight excluding hydrogens is 264 g/mol. The van der Waals surface area contributed by atoms with Gasteiger partial charge in [-0.25, -0.2) is 0 Å². The molecule has 0 atom stereocenters. The van der Waals surface area contributed by atoms with E-state index in [1.165, 1.54) is 0 Å². The van der Waals surface area contributed by atoms with Gasteiger partial charge in [-0.1, -0.05) is 12.8 Å². The summed E-state index contributed by atoms with van der Waals surface area (Å²) in [6, 6.07) is 7.35. The molecule has 19 heavy (non-hydrogen) atoms. The van der Waals surface area contributed by atoms with E-state index in [1.807, 2.05) is 24.3 Å². The van der Waals surface area contributed by atoms with Gasteiger partial charge in [0.25, 0.3) is 0 Å². The van der Waals surface area contributed by atoms with E-state index in [-0.39, 0.29) is 23.7 Å². The summed E-state index contributed by atoms with van der Waals surface area (Å²) in [5.41, 5.74) is 6.22. The fourth-order valence-electron chi connectivity index (χ4n) is 2.51. The third kappa shape index (κ3) is 3.39. The Morgan fingerprint density at radius 3 is 2.37 bits per heavy atom. The molecule has 0 heterocycles. The molecule has 0 unspecified atom stereocenters. The molecule has 1 aromatic carbocycles. The van der Waals surface area contributed by atoms with Crippen molar-refractivity contribution in [2.75, 3.05) is 19.0 Å². The third-order valence-electron chi connectivity index (χ3n) is 3.78. The molecule has 4 nitrogen and oxygen atoms in total. The van der Waals surface area contributed by atoms with E-state index in [0.29, 0.717) is 6.54 Å². The molecule has 0 spiro atoms. The van der Waals surface area contributed by atoms with Crippen molar-refractivity contribution in [3.8, 4) is 5.75 Å². The minimum Gasteiger partial charge on any atom is -0.497 e. The van der Waals surface area contributed by atoms with Crippen molar-refractivity contribution in [1.82, 2.24) is 0 Å². The summed E-state index contributed by atoms with van der Waals surface area (Å²) in [7, 11) is 1.62. The van der Waals surface area contributed by atoms with Crippen LogP contribution >= 0.6 is 12.4 Å². The van der Waals surface area contributed by atoms with Crippen LogP contribution in [0.1, 0.15) is 25.7 Å². The van der Waals surface area contributed by atoms with Crippen molar-refractivity contribution in [1.29, 1.82) is 0 Å². The fraction of sp³-hybridized carbons (Fsp3) is 0.500. The number of hydrogen-bond acceptors (Lipinski definition) is 3. The molecule has 0 aliphatic heterocycles. The minimum atomic E-state index is -0.361. The van der Waals surface area contributed by atoms with Gasteiger partial charge in [0.05, 0.1) is 12.5 Å². The normalized spacial score (nSPS) is 16.5. The van der Waals surface area contributed by atoms with Crippen LogP contribution < -0.4 is 15.8 Å². The SMILES string of the molecule is COc1ccc(NC(=O)C2(CN)CCCC2)cc1.Cl. The molecule has 2 rings (SSSR count). The van der Waals surface area contributed by atoms with Crippen molar-refractivity contribution in [2.24, 2.45) is 11.1 Å². The van der Waals surface area contributed by atoms with Crippen LogP contribution in [-0.4, -0.2) is 19.6 Å². The molecule has 0 bridgehead atoms. The van der Waals surface area contributed by atoms with Gasteiger partial charge in [-0.2, -0.15) is 0 Å². The Bertz CT molecular complexity index is 414. The van der Waals surface area contributed by atoms with Gasteiger partial charge >= 0.3 is 0 Å². The molecule has 5 heteroatoms. The number of hydrogen-bond donors (Lipinski definition) is 2. The zero-order valence-electron chi connectivity index (χ0n) is 11.1. The number of ether oxygens (including phenoxy) is 1. The first kappa shape index (κ1) is 15.8. The van der Waals surface area contributed by atoms with Crippen molar-refractivity contribution in [3.63, 3.8) is 0 Å². The number of benzene rings is 1. The Morgan fingerprint density at radius 2 is 1.89 bits per heavy atom. The number of nitrogens with two attached hydrogens (primary N) is 1. The molecule has 1 saturated carbocycles. The van der Waals surface area contributed by atoms with Crippen LogP contribution in [0.15, 0.2) is 24.3 Å². The van der Waals surface area contributed by atoms with Gasteiger partial charge in [-0.05, 0) is 37.1 Å². The second kappa shape index (κ2) is 6.78. The predicted octanol–water partition coefficient (Wildman–Crippen LogP) is 2.57. The van der Waals surface area contributed by atoms with Gasteiger partial charge in [0.2, 0.25) is 5.91 Å². The van der Waals surface area contributed by atoms with Gasteiger partial charge in [0, 0.05) is 12.2 Å². The molecule has 1 amide bonds. The molecule has 1 fully saturated rings. The summed E-state index contributed by atoms with van der Waals surface area (Å²) >= 11 is 0. The quantitative estimate of drug-likeness (QED) is 0.893. The average molecular weight is 285 g/mol. The Morgan fingerprint density at radius 1 is 1.32 bits per heavy atom. The number of carbonyl (C=O) groups is 1. The molecule has 3 N–H and O–H groups in total. The highest BCUT2D eigenvalue weighted by Crippen LogP contribution is 2.38. The lowest BCUT2D eigenvalue weighted by molar-refractivity contribution is -0.124. The van der Waals surface area contributed by atoms with Crippen molar-refractivity contribution >= 4 is 24.0 Å². The number of methoxy groups -OCH3 is 1. The summed E-state index contributed by atoms with van der Waals surface area (Å²) < 4.78 is 5.08. The summed E-state index contributed by atoms with van der Waals surface area (Å²) in [6.07, 6.45) is 3.97. The summed E-state index contributed by atoms with van der Waals surface area (Å²) in [5.74, 6) is 0.829.